The number of fused-ring (bicyclic) bond motifs is 2. The van der Waals surface area contributed by atoms with Crippen LogP contribution in [0.3, 0.4) is 0 Å². The second-order valence-corrected chi connectivity index (χ2v) is 12.2. The topological polar surface area (TPSA) is 51.2 Å². The molecule has 1 atom stereocenters. The van der Waals surface area contributed by atoms with Crippen LogP contribution in [-0.2, 0) is 20.7 Å². The van der Waals surface area contributed by atoms with Gasteiger partial charge in [0.2, 0.25) is 0 Å². The van der Waals surface area contributed by atoms with E-state index in [1.54, 1.807) is 31.2 Å². The number of ketones is 1. The minimum atomic E-state index is -3.26. The molecule has 4 rings (SSSR count). The normalized spacial score (nSPS) is 19.4. The van der Waals surface area contributed by atoms with Gasteiger partial charge in [0, 0.05) is 11.1 Å². The number of carbonyl (C=O) groups is 1. The molecule has 0 bridgehead atoms. The minimum absolute atomic E-state index is 0.000319. The van der Waals surface area contributed by atoms with Crippen molar-refractivity contribution < 1.29 is 13.2 Å². The Labute approximate surface area is 185 Å². The molecule has 0 amide bonds. The standard InChI is InChI=1S/C27H30O3S/c1-7-31(29,30)22-12-10-18-14-20(9-8-19(18)15-22)25(28)21-11-13-23-24(16-21)27(5,6)17(2)26(23,3)4/h8-17H,7H2,1-6H3. The third-order valence-corrected chi connectivity index (χ3v) is 9.38. The van der Waals surface area contributed by atoms with Crippen molar-refractivity contribution in [2.75, 3.05) is 5.75 Å². The fourth-order valence-electron chi connectivity index (χ4n) is 5.04. The maximum absolute atomic E-state index is 13.3. The van der Waals surface area contributed by atoms with Crippen molar-refractivity contribution in [1.29, 1.82) is 0 Å². The molecule has 0 saturated carbocycles. The Morgan fingerprint density at radius 3 is 2.03 bits per heavy atom. The summed E-state index contributed by atoms with van der Waals surface area (Å²) in [5, 5.41) is 1.67. The van der Waals surface area contributed by atoms with E-state index >= 15 is 0 Å². The number of hydrogen-bond donors (Lipinski definition) is 0. The number of hydrogen-bond acceptors (Lipinski definition) is 3. The molecule has 3 aromatic rings. The van der Waals surface area contributed by atoms with Crippen molar-refractivity contribution in [3.8, 4) is 0 Å². The van der Waals surface area contributed by atoms with E-state index in [2.05, 4.69) is 46.8 Å². The van der Waals surface area contributed by atoms with E-state index in [1.807, 2.05) is 18.2 Å². The first-order chi connectivity index (χ1) is 14.4. The highest BCUT2D eigenvalue weighted by Gasteiger charge is 2.48. The molecule has 0 aliphatic heterocycles. The Hall–Kier alpha value is -2.46. The fraction of sp³-hybridized carbons (Fsp3) is 0.370. The largest absolute Gasteiger partial charge is 0.289 e. The lowest BCUT2D eigenvalue weighted by Crippen LogP contribution is -2.30. The summed E-state index contributed by atoms with van der Waals surface area (Å²) in [6.45, 7) is 13.0. The van der Waals surface area contributed by atoms with Crippen LogP contribution in [0.5, 0.6) is 0 Å². The Morgan fingerprint density at radius 1 is 0.806 bits per heavy atom. The highest BCUT2D eigenvalue weighted by Crippen LogP contribution is 2.53. The Kier molecular flexibility index (Phi) is 4.93. The molecule has 1 unspecified atom stereocenters. The number of carbonyl (C=O) groups excluding carboxylic acids is 1. The molecular weight excluding hydrogens is 404 g/mol. The van der Waals surface area contributed by atoms with E-state index < -0.39 is 9.84 Å². The van der Waals surface area contributed by atoms with Crippen molar-refractivity contribution in [2.24, 2.45) is 5.92 Å². The summed E-state index contributed by atoms with van der Waals surface area (Å²) in [4.78, 5) is 13.6. The summed E-state index contributed by atoms with van der Waals surface area (Å²) in [5.74, 6) is 0.525. The number of rotatable bonds is 4. The molecule has 0 heterocycles. The van der Waals surface area contributed by atoms with Gasteiger partial charge < -0.3 is 0 Å². The van der Waals surface area contributed by atoms with E-state index in [9.17, 15) is 13.2 Å². The second kappa shape index (κ2) is 7.03. The van der Waals surface area contributed by atoms with Crippen molar-refractivity contribution >= 4 is 26.4 Å². The summed E-state index contributed by atoms with van der Waals surface area (Å²) < 4.78 is 24.3. The van der Waals surface area contributed by atoms with Crippen LogP contribution in [0.1, 0.15) is 68.6 Å². The van der Waals surface area contributed by atoms with E-state index in [1.165, 1.54) is 11.1 Å². The summed E-state index contributed by atoms with van der Waals surface area (Å²) in [6.07, 6.45) is 0. The maximum atomic E-state index is 13.3. The van der Waals surface area contributed by atoms with E-state index in [4.69, 9.17) is 0 Å². The molecule has 162 valence electrons. The van der Waals surface area contributed by atoms with Crippen LogP contribution < -0.4 is 0 Å². The SMILES string of the molecule is CCS(=O)(=O)c1ccc2cc(C(=O)c3ccc4c(c3)C(C)(C)C(C)C4(C)C)ccc2c1. The van der Waals surface area contributed by atoms with Crippen LogP contribution in [-0.4, -0.2) is 20.0 Å². The van der Waals surface area contributed by atoms with Crippen LogP contribution in [0.4, 0.5) is 0 Å². The van der Waals surface area contributed by atoms with E-state index in [-0.39, 0.29) is 22.4 Å². The van der Waals surface area contributed by atoms with Gasteiger partial charge in [0.25, 0.3) is 0 Å². The van der Waals surface area contributed by atoms with E-state index in [0.29, 0.717) is 21.9 Å². The van der Waals surface area contributed by atoms with Gasteiger partial charge >= 0.3 is 0 Å². The van der Waals surface area contributed by atoms with Gasteiger partial charge in [-0.2, -0.15) is 0 Å². The zero-order valence-corrected chi connectivity index (χ0v) is 19.9. The molecule has 0 fully saturated rings. The fourth-order valence-corrected chi connectivity index (χ4v) is 5.96. The molecule has 1 aliphatic carbocycles. The van der Waals surface area contributed by atoms with Crippen LogP contribution in [0.15, 0.2) is 59.5 Å². The van der Waals surface area contributed by atoms with Crippen LogP contribution in [0.2, 0.25) is 0 Å². The van der Waals surface area contributed by atoms with Gasteiger partial charge in [-0.05, 0) is 62.9 Å². The van der Waals surface area contributed by atoms with E-state index in [0.717, 1.165) is 10.8 Å². The van der Waals surface area contributed by atoms with Gasteiger partial charge in [-0.15, -0.1) is 0 Å². The number of sulfone groups is 1. The Bertz CT molecular complexity index is 1310. The molecule has 0 saturated heterocycles. The predicted molar refractivity (Wildman–Crippen MR) is 127 cm³/mol. The molecule has 31 heavy (non-hydrogen) atoms. The lowest BCUT2D eigenvalue weighted by atomic mass is 9.71. The lowest BCUT2D eigenvalue weighted by Gasteiger charge is -2.32. The first kappa shape index (κ1) is 21.8. The zero-order valence-electron chi connectivity index (χ0n) is 19.1. The molecule has 1 aliphatic rings. The van der Waals surface area contributed by atoms with Crippen LogP contribution >= 0.6 is 0 Å². The highest BCUT2D eigenvalue weighted by atomic mass is 32.2. The van der Waals surface area contributed by atoms with Gasteiger partial charge in [0.15, 0.2) is 15.6 Å². The lowest BCUT2D eigenvalue weighted by molar-refractivity contribution is 0.103. The highest BCUT2D eigenvalue weighted by molar-refractivity contribution is 7.91. The quantitative estimate of drug-likeness (QED) is 0.468. The maximum Gasteiger partial charge on any atom is 0.193 e. The average molecular weight is 435 g/mol. The first-order valence-corrected chi connectivity index (χ1v) is 12.5. The van der Waals surface area contributed by atoms with Crippen molar-refractivity contribution in [3.63, 3.8) is 0 Å². The molecule has 0 aromatic heterocycles. The molecule has 0 radical (unpaired) electrons. The molecule has 3 aromatic carbocycles. The second-order valence-electron chi connectivity index (χ2n) is 9.88. The third kappa shape index (κ3) is 3.32. The zero-order chi connectivity index (χ0) is 22.8. The monoisotopic (exact) mass is 434 g/mol. The van der Waals surface area contributed by atoms with Crippen LogP contribution in [0.25, 0.3) is 10.8 Å². The Balaban J connectivity index is 1.74. The first-order valence-electron chi connectivity index (χ1n) is 10.9. The summed E-state index contributed by atoms with van der Waals surface area (Å²) in [7, 11) is -3.26. The van der Waals surface area contributed by atoms with Crippen molar-refractivity contribution in [2.45, 2.75) is 57.3 Å². The summed E-state index contributed by atoms with van der Waals surface area (Å²) in [5.41, 5.74) is 3.96. The molecular formula is C27H30O3S. The van der Waals surface area contributed by atoms with Gasteiger partial charge in [0.05, 0.1) is 10.6 Å². The van der Waals surface area contributed by atoms with Gasteiger partial charge in [0.1, 0.15) is 0 Å². The predicted octanol–water partition coefficient (Wildman–Crippen LogP) is 6.07. The molecule has 0 spiro atoms. The average Bonchev–Trinajstić information content (AvgIpc) is 2.89. The molecule has 3 nitrogen and oxygen atoms in total. The Morgan fingerprint density at radius 2 is 1.35 bits per heavy atom. The number of benzene rings is 3. The van der Waals surface area contributed by atoms with Gasteiger partial charge in [-0.25, -0.2) is 8.42 Å². The van der Waals surface area contributed by atoms with Crippen molar-refractivity contribution in [1.82, 2.24) is 0 Å². The smallest absolute Gasteiger partial charge is 0.193 e. The van der Waals surface area contributed by atoms with Gasteiger partial charge in [-0.1, -0.05) is 71.9 Å². The van der Waals surface area contributed by atoms with Crippen molar-refractivity contribution in [3.05, 3.63) is 76.9 Å². The minimum Gasteiger partial charge on any atom is -0.289 e. The summed E-state index contributed by atoms with van der Waals surface area (Å²) in [6, 6.07) is 16.7. The van der Waals surface area contributed by atoms with Gasteiger partial charge in [-0.3, -0.25) is 4.79 Å². The molecule has 0 N–H and O–H groups in total. The molecule has 4 heteroatoms. The summed E-state index contributed by atoms with van der Waals surface area (Å²) >= 11 is 0. The third-order valence-electron chi connectivity index (χ3n) is 7.65. The van der Waals surface area contributed by atoms with Crippen LogP contribution in [0, 0.1) is 5.92 Å².